The van der Waals surface area contributed by atoms with Crippen LogP contribution in [0.3, 0.4) is 0 Å². The molecule has 1 fully saturated rings. The van der Waals surface area contributed by atoms with Gasteiger partial charge in [-0.3, -0.25) is 10.2 Å². The molecule has 3 N–H and O–H groups in total. The zero-order valence-electron chi connectivity index (χ0n) is 11.0. The molecule has 0 bridgehead atoms. The van der Waals surface area contributed by atoms with Gasteiger partial charge in [-0.25, -0.2) is 5.43 Å². The zero-order chi connectivity index (χ0) is 13.8. The SMILES string of the molecule is COc1cc(/C=C/C2NNC(=O)CC2C)ccc1O. The Bertz CT molecular complexity index is 499. The molecular weight excluding hydrogens is 244 g/mol. The molecule has 1 aromatic rings. The number of hydrogen-bond donors (Lipinski definition) is 3. The summed E-state index contributed by atoms with van der Waals surface area (Å²) >= 11 is 0. The number of aromatic hydroxyl groups is 1. The van der Waals surface area contributed by atoms with Crippen LogP contribution < -0.4 is 15.6 Å². The van der Waals surface area contributed by atoms with Crippen molar-refractivity contribution >= 4 is 12.0 Å². The van der Waals surface area contributed by atoms with Gasteiger partial charge in [0, 0.05) is 12.5 Å². The van der Waals surface area contributed by atoms with E-state index < -0.39 is 0 Å². The number of ether oxygens (including phenoxy) is 1. The van der Waals surface area contributed by atoms with Crippen LogP contribution in [-0.4, -0.2) is 24.2 Å². The summed E-state index contributed by atoms with van der Waals surface area (Å²) in [5, 5.41) is 9.51. The summed E-state index contributed by atoms with van der Waals surface area (Å²) in [5.74, 6) is 0.823. The first kappa shape index (κ1) is 13.4. The molecule has 0 aliphatic carbocycles. The molecule has 0 aromatic heterocycles. The highest BCUT2D eigenvalue weighted by atomic mass is 16.5. The molecule has 1 heterocycles. The van der Waals surface area contributed by atoms with E-state index in [0.717, 1.165) is 5.56 Å². The van der Waals surface area contributed by atoms with Crippen molar-refractivity contribution in [2.75, 3.05) is 7.11 Å². The smallest absolute Gasteiger partial charge is 0.234 e. The number of rotatable bonds is 3. The van der Waals surface area contributed by atoms with E-state index in [1.54, 1.807) is 18.2 Å². The van der Waals surface area contributed by atoms with Crippen LogP contribution in [0.25, 0.3) is 6.08 Å². The maximum Gasteiger partial charge on any atom is 0.234 e. The van der Waals surface area contributed by atoms with Crippen molar-refractivity contribution in [2.24, 2.45) is 5.92 Å². The Kier molecular flexibility index (Phi) is 4.06. The van der Waals surface area contributed by atoms with Crippen molar-refractivity contribution in [3.63, 3.8) is 0 Å². The number of carbonyl (C=O) groups excluding carboxylic acids is 1. The Labute approximate surface area is 112 Å². The second-order valence-electron chi connectivity index (χ2n) is 4.69. The highest BCUT2D eigenvalue weighted by molar-refractivity contribution is 5.76. The van der Waals surface area contributed by atoms with Gasteiger partial charge in [0.15, 0.2) is 11.5 Å². The van der Waals surface area contributed by atoms with Crippen molar-refractivity contribution in [3.05, 3.63) is 29.8 Å². The molecule has 1 saturated heterocycles. The fraction of sp³-hybridized carbons (Fsp3) is 0.357. The monoisotopic (exact) mass is 262 g/mol. The lowest BCUT2D eigenvalue weighted by molar-refractivity contribution is -0.125. The topological polar surface area (TPSA) is 70.6 Å². The summed E-state index contributed by atoms with van der Waals surface area (Å²) in [6.45, 7) is 2.03. The second-order valence-corrected chi connectivity index (χ2v) is 4.69. The Morgan fingerprint density at radius 1 is 1.47 bits per heavy atom. The average Bonchev–Trinajstić information content (AvgIpc) is 2.39. The number of hydrogen-bond acceptors (Lipinski definition) is 4. The molecular formula is C14H18N2O3. The number of carbonyl (C=O) groups is 1. The van der Waals surface area contributed by atoms with Crippen LogP contribution in [0.15, 0.2) is 24.3 Å². The van der Waals surface area contributed by atoms with Crippen molar-refractivity contribution in [1.29, 1.82) is 0 Å². The number of phenols is 1. The van der Waals surface area contributed by atoms with Crippen LogP contribution in [0.5, 0.6) is 11.5 Å². The van der Waals surface area contributed by atoms with E-state index >= 15 is 0 Å². The number of benzene rings is 1. The molecule has 2 rings (SSSR count). The van der Waals surface area contributed by atoms with Crippen LogP contribution >= 0.6 is 0 Å². The maximum atomic E-state index is 11.2. The first-order valence-corrected chi connectivity index (χ1v) is 6.19. The van der Waals surface area contributed by atoms with E-state index in [0.29, 0.717) is 12.2 Å². The molecule has 1 aromatic carbocycles. The normalized spacial score (nSPS) is 23.4. The van der Waals surface area contributed by atoms with Gasteiger partial charge >= 0.3 is 0 Å². The van der Waals surface area contributed by atoms with E-state index in [4.69, 9.17) is 4.74 Å². The van der Waals surface area contributed by atoms with Gasteiger partial charge in [-0.05, 0) is 23.6 Å². The largest absolute Gasteiger partial charge is 0.504 e. The quantitative estimate of drug-likeness (QED) is 0.771. The Balaban J connectivity index is 2.08. The molecule has 1 amide bonds. The Morgan fingerprint density at radius 2 is 2.26 bits per heavy atom. The standard InChI is InChI=1S/C14H18N2O3/c1-9-7-14(18)16-15-11(9)5-3-10-4-6-12(17)13(8-10)19-2/h3-6,8-9,11,15,17H,7H2,1-2H3,(H,16,18)/b5-3+. The van der Waals surface area contributed by atoms with Gasteiger partial charge in [0.1, 0.15) is 0 Å². The van der Waals surface area contributed by atoms with Crippen LogP contribution in [0.1, 0.15) is 18.9 Å². The lowest BCUT2D eigenvalue weighted by Gasteiger charge is -2.27. The molecule has 19 heavy (non-hydrogen) atoms. The second kappa shape index (κ2) is 5.75. The molecule has 1 aliphatic rings. The number of methoxy groups -OCH3 is 1. The molecule has 5 heteroatoms. The van der Waals surface area contributed by atoms with Crippen molar-refractivity contribution in [3.8, 4) is 11.5 Å². The number of phenolic OH excluding ortho intramolecular Hbond substituents is 1. The predicted molar refractivity (Wildman–Crippen MR) is 72.5 cm³/mol. The molecule has 5 nitrogen and oxygen atoms in total. The van der Waals surface area contributed by atoms with E-state index in [1.165, 1.54) is 7.11 Å². The van der Waals surface area contributed by atoms with Crippen molar-refractivity contribution < 1.29 is 14.6 Å². The van der Waals surface area contributed by atoms with Crippen LogP contribution in [0.2, 0.25) is 0 Å². The fourth-order valence-electron chi connectivity index (χ4n) is 2.03. The minimum absolute atomic E-state index is 0.0171. The Morgan fingerprint density at radius 3 is 2.95 bits per heavy atom. The molecule has 0 saturated carbocycles. The molecule has 0 spiro atoms. The summed E-state index contributed by atoms with van der Waals surface area (Å²) in [6, 6.07) is 5.26. The maximum absolute atomic E-state index is 11.2. The highest BCUT2D eigenvalue weighted by Gasteiger charge is 2.22. The van der Waals surface area contributed by atoms with Crippen molar-refractivity contribution in [2.45, 2.75) is 19.4 Å². The van der Waals surface area contributed by atoms with E-state index in [-0.39, 0.29) is 23.6 Å². The predicted octanol–water partition coefficient (Wildman–Crippen LogP) is 1.44. The van der Waals surface area contributed by atoms with Gasteiger partial charge in [0.25, 0.3) is 0 Å². The molecule has 102 valence electrons. The van der Waals surface area contributed by atoms with Crippen LogP contribution in [0, 0.1) is 5.92 Å². The summed E-state index contributed by atoms with van der Waals surface area (Å²) in [6.07, 6.45) is 4.45. The third kappa shape index (κ3) is 3.26. The summed E-state index contributed by atoms with van der Waals surface area (Å²) in [7, 11) is 1.52. The fourth-order valence-corrected chi connectivity index (χ4v) is 2.03. The highest BCUT2D eigenvalue weighted by Crippen LogP contribution is 2.27. The van der Waals surface area contributed by atoms with Gasteiger partial charge in [-0.1, -0.05) is 25.1 Å². The van der Waals surface area contributed by atoms with Gasteiger partial charge in [-0.2, -0.15) is 0 Å². The first-order chi connectivity index (χ1) is 9.10. The summed E-state index contributed by atoms with van der Waals surface area (Å²) in [5.41, 5.74) is 6.52. The lowest BCUT2D eigenvalue weighted by atomic mass is 9.96. The van der Waals surface area contributed by atoms with Gasteiger partial charge in [0.2, 0.25) is 5.91 Å². The first-order valence-electron chi connectivity index (χ1n) is 6.19. The third-order valence-electron chi connectivity index (χ3n) is 3.20. The lowest BCUT2D eigenvalue weighted by Crippen LogP contribution is -2.52. The number of nitrogens with one attached hydrogen (secondary N) is 2. The number of amides is 1. The van der Waals surface area contributed by atoms with Crippen molar-refractivity contribution in [1.82, 2.24) is 10.9 Å². The Hall–Kier alpha value is -2.01. The molecule has 2 atom stereocenters. The molecule has 2 unspecified atom stereocenters. The molecule has 1 aliphatic heterocycles. The average molecular weight is 262 g/mol. The van der Waals surface area contributed by atoms with E-state index in [1.807, 2.05) is 19.1 Å². The summed E-state index contributed by atoms with van der Waals surface area (Å²) in [4.78, 5) is 11.2. The minimum Gasteiger partial charge on any atom is -0.504 e. The molecule has 0 radical (unpaired) electrons. The summed E-state index contributed by atoms with van der Waals surface area (Å²) < 4.78 is 5.06. The van der Waals surface area contributed by atoms with Crippen LogP contribution in [0.4, 0.5) is 0 Å². The van der Waals surface area contributed by atoms with E-state index in [2.05, 4.69) is 10.9 Å². The third-order valence-corrected chi connectivity index (χ3v) is 3.20. The zero-order valence-corrected chi connectivity index (χ0v) is 11.0. The van der Waals surface area contributed by atoms with Crippen LogP contribution in [-0.2, 0) is 4.79 Å². The number of hydrazine groups is 1. The van der Waals surface area contributed by atoms with Gasteiger partial charge in [0.05, 0.1) is 7.11 Å². The minimum atomic E-state index is 0.0171. The van der Waals surface area contributed by atoms with E-state index in [9.17, 15) is 9.90 Å². The van der Waals surface area contributed by atoms with Gasteiger partial charge < -0.3 is 9.84 Å². The van der Waals surface area contributed by atoms with Gasteiger partial charge in [-0.15, -0.1) is 0 Å².